The number of benzene rings is 2. The summed E-state index contributed by atoms with van der Waals surface area (Å²) in [4.78, 5) is 46.1. The van der Waals surface area contributed by atoms with Gasteiger partial charge in [-0.2, -0.15) is 0 Å². The molecule has 0 heterocycles. The van der Waals surface area contributed by atoms with Gasteiger partial charge in [-0.1, -0.05) is 42.5 Å². The van der Waals surface area contributed by atoms with Crippen LogP contribution in [-0.4, -0.2) is 46.5 Å². The van der Waals surface area contributed by atoms with Crippen LogP contribution in [0.25, 0.3) is 11.1 Å². The van der Waals surface area contributed by atoms with Gasteiger partial charge in [-0.05, 0) is 41.2 Å². The maximum atomic E-state index is 12.3. The Balaban J connectivity index is 1.93. The number of hydrogen-bond donors (Lipinski definition) is 5. The van der Waals surface area contributed by atoms with Crippen LogP contribution in [0.4, 0.5) is 0 Å². The van der Waals surface area contributed by atoms with E-state index < -0.39 is 36.3 Å². The van der Waals surface area contributed by atoms with Crippen LogP contribution in [-0.2, 0) is 32.2 Å². The number of aliphatic carboxylic acids is 1. The van der Waals surface area contributed by atoms with Crippen LogP contribution < -0.4 is 16.4 Å². The molecule has 6 N–H and O–H groups in total. The van der Waals surface area contributed by atoms with Crippen LogP contribution >= 0.6 is 0 Å². The first-order valence-corrected chi connectivity index (χ1v) is 10.1. The number of nitrogens with one attached hydrogen (secondary N) is 2. The molecule has 0 fully saturated rings. The number of amides is 3. The molecule has 0 radical (unpaired) electrons. The molecular weight excluding hydrogens is 414 g/mol. The molecule has 0 aliphatic rings. The zero-order valence-electron chi connectivity index (χ0n) is 17.5. The summed E-state index contributed by atoms with van der Waals surface area (Å²) in [5.74, 6) is -2.91. The van der Waals surface area contributed by atoms with Crippen LogP contribution in [0, 0.1) is 0 Å². The third-order valence-electron chi connectivity index (χ3n) is 4.77. The number of carbonyl (C=O) groups is 4. The molecule has 0 spiro atoms. The van der Waals surface area contributed by atoms with Crippen molar-refractivity contribution in [1.29, 1.82) is 0 Å². The summed E-state index contributed by atoms with van der Waals surface area (Å²) in [7, 11) is 0. The summed E-state index contributed by atoms with van der Waals surface area (Å²) < 4.78 is 0. The number of aliphatic hydroxyl groups excluding tert-OH is 1. The Morgan fingerprint density at radius 3 is 2.28 bits per heavy atom. The Bertz CT molecular complexity index is 958. The quantitative estimate of drug-likeness (QED) is 0.326. The fourth-order valence-corrected chi connectivity index (χ4v) is 3.07. The zero-order valence-corrected chi connectivity index (χ0v) is 17.5. The number of carboxylic acids is 1. The lowest BCUT2D eigenvalue weighted by Crippen LogP contribution is -2.48. The van der Waals surface area contributed by atoms with Gasteiger partial charge in [0.2, 0.25) is 17.7 Å². The SMILES string of the molecule is NC(=O)CNC(=O)C(CCC(=O)O)NC(=O)CCc1ccc(-c2cccc(CO)c2)cc1. The maximum Gasteiger partial charge on any atom is 0.303 e. The molecule has 0 aliphatic carbocycles. The van der Waals surface area contributed by atoms with E-state index in [2.05, 4.69) is 10.6 Å². The predicted molar refractivity (Wildman–Crippen MR) is 117 cm³/mol. The topological polar surface area (TPSA) is 159 Å². The third kappa shape index (κ3) is 8.19. The molecule has 0 saturated heterocycles. The molecule has 2 rings (SSSR count). The van der Waals surface area contributed by atoms with Gasteiger partial charge in [0.1, 0.15) is 6.04 Å². The molecule has 170 valence electrons. The van der Waals surface area contributed by atoms with Gasteiger partial charge in [0.05, 0.1) is 13.2 Å². The van der Waals surface area contributed by atoms with Gasteiger partial charge < -0.3 is 26.6 Å². The van der Waals surface area contributed by atoms with Crippen molar-refractivity contribution in [3.8, 4) is 11.1 Å². The van der Waals surface area contributed by atoms with Crippen LogP contribution in [0.3, 0.4) is 0 Å². The van der Waals surface area contributed by atoms with Crippen LogP contribution in [0.2, 0.25) is 0 Å². The highest BCUT2D eigenvalue weighted by atomic mass is 16.4. The molecule has 0 aliphatic heterocycles. The maximum absolute atomic E-state index is 12.3. The average Bonchev–Trinajstić information content (AvgIpc) is 2.79. The highest BCUT2D eigenvalue weighted by molar-refractivity contribution is 5.90. The Hall–Kier alpha value is -3.72. The lowest BCUT2D eigenvalue weighted by Gasteiger charge is -2.17. The smallest absolute Gasteiger partial charge is 0.303 e. The Morgan fingerprint density at radius 2 is 1.66 bits per heavy atom. The molecule has 1 unspecified atom stereocenters. The normalized spacial score (nSPS) is 11.4. The standard InChI is InChI=1S/C23H27N3O6/c24-20(28)13-25-23(32)19(9-11-22(30)31)26-21(29)10-6-15-4-7-17(8-5-15)18-3-1-2-16(12-18)14-27/h1-5,7-8,12,19,27H,6,9-11,13-14H2,(H2,24,28)(H,25,32)(H,26,29)(H,30,31). The van der Waals surface area contributed by atoms with Crippen LogP contribution in [0.15, 0.2) is 48.5 Å². The van der Waals surface area contributed by atoms with Gasteiger partial charge in [-0.15, -0.1) is 0 Å². The van der Waals surface area contributed by atoms with Gasteiger partial charge in [0, 0.05) is 12.8 Å². The van der Waals surface area contributed by atoms with E-state index in [4.69, 9.17) is 10.8 Å². The molecular formula is C23H27N3O6. The molecule has 2 aromatic carbocycles. The largest absolute Gasteiger partial charge is 0.481 e. The van der Waals surface area contributed by atoms with Crippen molar-refractivity contribution < 1.29 is 29.4 Å². The Morgan fingerprint density at radius 1 is 0.938 bits per heavy atom. The van der Waals surface area contributed by atoms with Crippen molar-refractivity contribution in [3.63, 3.8) is 0 Å². The van der Waals surface area contributed by atoms with Gasteiger partial charge in [0.25, 0.3) is 0 Å². The van der Waals surface area contributed by atoms with Crippen molar-refractivity contribution in [2.24, 2.45) is 5.73 Å². The molecule has 1 atom stereocenters. The van der Waals surface area contributed by atoms with E-state index in [1.165, 1.54) is 0 Å². The number of aryl methyl sites for hydroxylation is 1. The van der Waals surface area contributed by atoms with E-state index >= 15 is 0 Å². The van der Waals surface area contributed by atoms with E-state index in [-0.39, 0.29) is 25.9 Å². The number of carbonyl (C=O) groups excluding carboxylic acids is 3. The second-order valence-corrected chi connectivity index (χ2v) is 7.29. The molecule has 0 saturated carbocycles. The molecule has 9 heteroatoms. The molecule has 9 nitrogen and oxygen atoms in total. The highest BCUT2D eigenvalue weighted by Crippen LogP contribution is 2.21. The monoisotopic (exact) mass is 441 g/mol. The number of hydrogen-bond acceptors (Lipinski definition) is 5. The predicted octanol–water partition coefficient (Wildman–Crippen LogP) is 0.730. The van der Waals surface area contributed by atoms with E-state index in [1.807, 2.05) is 48.5 Å². The summed E-state index contributed by atoms with van der Waals surface area (Å²) in [6.07, 6.45) is 0.116. The van der Waals surface area contributed by atoms with Gasteiger partial charge in [-0.3, -0.25) is 19.2 Å². The fraction of sp³-hybridized carbons (Fsp3) is 0.304. The van der Waals surface area contributed by atoms with Crippen LogP contribution in [0.5, 0.6) is 0 Å². The first kappa shape index (κ1) is 24.5. The lowest BCUT2D eigenvalue weighted by molar-refractivity contribution is -0.138. The van der Waals surface area contributed by atoms with E-state index in [9.17, 15) is 24.3 Å². The minimum atomic E-state index is -1.10. The average molecular weight is 441 g/mol. The van der Waals surface area contributed by atoms with E-state index in [1.54, 1.807) is 0 Å². The summed E-state index contributed by atoms with van der Waals surface area (Å²) in [6.45, 7) is -0.430. The van der Waals surface area contributed by atoms with Crippen LogP contribution in [0.1, 0.15) is 30.4 Å². The molecule has 0 bridgehead atoms. The summed E-state index contributed by atoms with van der Waals surface area (Å²) in [6, 6.07) is 14.1. The third-order valence-corrected chi connectivity index (χ3v) is 4.77. The van der Waals surface area contributed by atoms with Crippen molar-refractivity contribution in [1.82, 2.24) is 10.6 Å². The second-order valence-electron chi connectivity index (χ2n) is 7.29. The Labute approximate surface area is 185 Å². The zero-order chi connectivity index (χ0) is 23.5. The first-order valence-electron chi connectivity index (χ1n) is 10.1. The highest BCUT2D eigenvalue weighted by Gasteiger charge is 2.21. The number of carboxylic acid groups (broad SMARTS) is 1. The molecule has 3 amide bonds. The summed E-state index contributed by atoms with van der Waals surface area (Å²) >= 11 is 0. The minimum absolute atomic E-state index is 0.0327. The number of primary amides is 1. The molecule has 0 aromatic heterocycles. The van der Waals surface area contributed by atoms with Gasteiger partial charge in [0.15, 0.2) is 0 Å². The van der Waals surface area contributed by atoms with E-state index in [0.717, 1.165) is 22.3 Å². The van der Waals surface area contributed by atoms with Gasteiger partial charge in [-0.25, -0.2) is 0 Å². The fourth-order valence-electron chi connectivity index (χ4n) is 3.07. The minimum Gasteiger partial charge on any atom is -0.481 e. The van der Waals surface area contributed by atoms with Crippen molar-refractivity contribution in [2.45, 2.75) is 38.3 Å². The number of rotatable bonds is 12. The summed E-state index contributed by atoms with van der Waals surface area (Å²) in [5, 5.41) is 22.9. The van der Waals surface area contributed by atoms with Crippen molar-refractivity contribution in [2.75, 3.05) is 6.54 Å². The lowest BCUT2D eigenvalue weighted by atomic mass is 10.0. The van der Waals surface area contributed by atoms with Crippen molar-refractivity contribution >= 4 is 23.7 Å². The second kappa shape index (κ2) is 12.2. The number of aliphatic hydroxyl groups is 1. The Kier molecular flexibility index (Phi) is 9.37. The van der Waals surface area contributed by atoms with E-state index in [0.29, 0.717) is 6.42 Å². The molecule has 2 aromatic rings. The molecule has 32 heavy (non-hydrogen) atoms. The first-order chi connectivity index (χ1) is 15.3. The number of nitrogens with two attached hydrogens (primary N) is 1. The summed E-state index contributed by atoms with van der Waals surface area (Å²) in [5.41, 5.74) is 8.69. The van der Waals surface area contributed by atoms with Crippen molar-refractivity contribution in [3.05, 3.63) is 59.7 Å². The van der Waals surface area contributed by atoms with Gasteiger partial charge >= 0.3 is 5.97 Å².